The van der Waals surface area contributed by atoms with Crippen molar-refractivity contribution < 1.29 is 4.79 Å². The van der Waals surface area contributed by atoms with E-state index in [1.165, 1.54) is 35.1 Å². The zero-order chi connectivity index (χ0) is 18.1. The van der Waals surface area contributed by atoms with Crippen LogP contribution >= 0.6 is 11.3 Å². The first-order valence-corrected chi connectivity index (χ1v) is 10.7. The Morgan fingerprint density at radius 3 is 2.69 bits per heavy atom. The summed E-state index contributed by atoms with van der Waals surface area (Å²) in [4.78, 5) is 28.6. The lowest BCUT2D eigenvalue weighted by Gasteiger charge is -2.36. The van der Waals surface area contributed by atoms with Crippen LogP contribution in [-0.2, 0) is 17.6 Å². The number of aryl methyl sites for hydroxylation is 2. The predicted octanol–water partition coefficient (Wildman–Crippen LogP) is 3.65. The third-order valence-corrected chi connectivity index (χ3v) is 6.80. The smallest absolute Gasteiger partial charge is 0.222 e. The van der Waals surface area contributed by atoms with Crippen LogP contribution < -0.4 is 4.90 Å². The molecule has 0 N–H and O–H groups in total. The minimum Gasteiger partial charge on any atom is -0.352 e. The Labute approximate surface area is 159 Å². The number of thiophene rings is 1. The van der Waals surface area contributed by atoms with E-state index in [2.05, 4.69) is 28.7 Å². The van der Waals surface area contributed by atoms with E-state index in [0.717, 1.165) is 49.7 Å². The normalized spacial score (nSPS) is 17.8. The van der Waals surface area contributed by atoms with E-state index in [9.17, 15) is 4.79 Å². The van der Waals surface area contributed by atoms with Gasteiger partial charge in [-0.05, 0) is 43.6 Å². The van der Waals surface area contributed by atoms with Crippen LogP contribution in [0.15, 0.2) is 6.33 Å². The monoisotopic (exact) mass is 372 g/mol. The van der Waals surface area contributed by atoms with Gasteiger partial charge in [-0.15, -0.1) is 11.3 Å². The van der Waals surface area contributed by atoms with Crippen LogP contribution in [0.5, 0.6) is 0 Å². The quantitative estimate of drug-likeness (QED) is 0.822. The number of aromatic nitrogens is 2. The first kappa shape index (κ1) is 17.7. The van der Waals surface area contributed by atoms with Gasteiger partial charge in [0.05, 0.1) is 5.39 Å². The Morgan fingerprint density at radius 2 is 1.92 bits per heavy atom. The van der Waals surface area contributed by atoms with E-state index in [0.29, 0.717) is 18.2 Å². The van der Waals surface area contributed by atoms with Crippen LogP contribution in [0.3, 0.4) is 0 Å². The summed E-state index contributed by atoms with van der Waals surface area (Å²) < 4.78 is 0. The highest BCUT2D eigenvalue weighted by molar-refractivity contribution is 7.19. The van der Waals surface area contributed by atoms with Gasteiger partial charge in [-0.1, -0.05) is 13.8 Å². The summed E-state index contributed by atoms with van der Waals surface area (Å²) in [7, 11) is 0. The minimum absolute atomic E-state index is 0.305. The molecule has 1 fully saturated rings. The van der Waals surface area contributed by atoms with Crippen molar-refractivity contribution in [2.24, 2.45) is 5.92 Å². The van der Waals surface area contributed by atoms with Crippen LogP contribution in [0, 0.1) is 5.92 Å². The molecule has 0 unspecified atom stereocenters. The standard InChI is InChI=1S/C20H28N4OS/c1-14(2)7-8-17(25)23-9-11-24(12-10-23)19-18-15-5-3-4-6-16(15)26-20(18)22-13-21-19/h13-14H,3-12H2,1-2H3. The number of hydrogen-bond acceptors (Lipinski definition) is 5. The lowest BCUT2D eigenvalue weighted by molar-refractivity contribution is -0.131. The average molecular weight is 373 g/mol. The molecule has 2 aromatic rings. The maximum Gasteiger partial charge on any atom is 0.222 e. The van der Waals surface area contributed by atoms with E-state index >= 15 is 0 Å². The van der Waals surface area contributed by atoms with E-state index < -0.39 is 0 Å². The molecule has 1 amide bonds. The Morgan fingerprint density at radius 1 is 1.15 bits per heavy atom. The minimum atomic E-state index is 0.305. The van der Waals surface area contributed by atoms with Crippen molar-refractivity contribution >= 4 is 33.3 Å². The molecule has 2 aliphatic rings. The maximum absolute atomic E-state index is 12.4. The van der Waals surface area contributed by atoms with Gasteiger partial charge in [0.15, 0.2) is 0 Å². The van der Waals surface area contributed by atoms with Gasteiger partial charge in [-0.25, -0.2) is 9.97 Å². The topological polar surface area (TPSA) is 49.3 Å². The molecule has 0 radical (unpaired) electrons. The average Bonchev–Trinajstić information content (AvgIpc) is 3.05. The SMILES string of the molecule is CC(C)CCC(=O)N1CCN(c2ncnc3sc4c(c23)CCCC4)CC1. The van der Waals surface area contributed by atoms with Crippen LogP contribution in [0.4, 0.5) is 5.82 Å². The highest BCUT2D eigenvalue weighted by atomic mass is 32.1. The summed E-state index contributed by atoms with van der Waals surface area (Å²) in [6, 6.07) is 0. The van der Waals surface area contributed by atoms with Crippen molar-refractivity contribution in [3.63, 3.8) is 0 Å². The van der Waals surface area contributed by atoms with Gasteiger partial charge in [0.1, 0.15) is 17.0 Å². The van der Waals surface area contributed by atoms with Crippen molar-refractivity contribution in [1.29, 1.82) is 0 Å². The van der Waals surface area contributed by atoms with Crippen LogP contribution in [-0.4, -0.2) is 47.0 Å². The van der Waals surface area contributed by atoms with Gasteiger partial charge < -0.3 is 9.80 Å². The molecule has 0 spiro atoms. The van der Waals surface area contributed by atoms with Gasteiger partial charge in [0.2, 0.25) is 5.91 Å². The van der Waals surface area contributed by atoms with Crippen LogP contribution in [0.2, 0.25) is 0 Å². The molecule has 26 heavy (non-hydrogen) atoms. The number of nitrogens with zero attached hydrogens (tertiary/aromatic N) is 4. The number of hydrogen-bond donors (Lipinski definition) is 0. The lowest BCUT2D eigenvalue weighted by Crippen LogP contribution is -2.49. The number of carbonyl (C=O) groups excluding carboxylic acids is 1. The number of amides is 1. The molecule has 2 aromatic heterocycles. The Balaban J connectivity index is 1.50. The Hall–Kier alpha value is -1.69. The fourth-order valence-corrected chi connectivity index (χ4v) is 5.27. The second-order valence-electron chi connectivity index (χ2n) is 7.89. The zero-order valence-corrected chi connectivity index (χ0v) is 16.6. The largest absolute Gasteiger partial charge is 0.352 e. The molecule has 3 heterocycles. The lowest BCUT2D eigenvalue weighted by atomic mass is 9.97. The first-order chi connectivity index (χ1) is 12.6. The molecular formula is C20H28N4OS. The van der Waals surface area contributed by atoms with Crippen molar-refractivity contribution in [2.45, 2.75) is 52.4 Å². The molecule has 0 bridgehead atoms. The number of anilines is 1. The maximum atomic E-state index is 12.4. The molecule has 1 saturated heterocycles. The van der Waals surface area contributed by atoms with Crippen molar-refractivity contribution in [3.05, 3.63) is 16.8 Å². The van der Waals surface area contributed by atoms with Gasteiger partial charge in [-0.3, -0.25) is 4.79 Å². The van der Waals surface area contributed by atoms with E-state index in [-0.39, 0.29) is 0 Å². The molecule has 4 rings (SSSR count). The molecule has 1 aliphatic heterocycles. The number of fused-ring (bicyclic) bond motifs is 3. The highest BCUT2D eigenvalue weighted by Crippen LogP contribution is 2.39. The van der Waals surface area contributed by atoms with Gasteiger partial charge >= 0.3 is 0 Å². The highest BCUT2D eigenvalue weighted by Gasteiger charge is 2.26. The van der Waals surface area contributed by atoms with Crippen LogP contribution in [0.25, 0.3) is 10.2 Å². The molecule has 6 heteroatoms. The van der Waals surface area contributed by atoms with E-state index in [4.69, 9.17) is 0 Å². The second kappa shape index (κ2) is 7.51. The molecule has 0 atom stereocenters. The summed E-state index contributed by atoms with van der Waals surface area (Å²) in [5.74, 6) is 1.97. The summed E-state index contributed by atoms with van der Waals surface area (Å²) >= 11 is 1.85. The second-order valence-corrected chi connectivity index (χ2v) is 8.97. The van der Waals surface area contributed by atoms with Crippen molar-refractivity contribution in [2.75, 3.05) is 31.1 Å². The number of rotatable bonds is 4. The summed E-state index contributed by atoms with van der Waals surface area (Å²) in [6.45, 7) is 7.68. The predicted molar refractivity (Wildman–Crippen MR) is 107 cm³/mol. The van der Waals surface area contributed by atoms with E-state index in [1.54, 1.807) is 6.33 Å². The Bertz CT molecular complexity index is 792. The summed E-state index contributed by atoms with van der Waals surface area (Å²) in [6.07, 6.45) is 8.27. The summed E-state index contributed by atoms with van der Waals surface area (Å²) in [5.41, 5.74) is 1.49. The van der Waals surface area contributed by atoms with Gasteiger partial charge in [0.25, 0.3) is 0 Å². The van der Waals surface area contributed by atoms with Gasteiger partial charge in [0, 0.05) is 37.5 Å². The fraction of sp³-hybridized carbons (Fsp3) is 0.650. The zero-order valence-electron chi connectivity index (χ0n) is 15.8. The van der Waals surface area contributed by atoms with Crippen molar-refractivity contribution in [1.82, 2.24) is 14.9 Å². The Kier molecular flexibility index (Phi) is 5.11. The van der Waals surface area contributed by atoms with Gasteiger partial charge in [-0.2, -0.15) is 0 Å². The molecule has 5 nitrogen and oxygen atoms in total. The fourth-order valence-electron chi connectivity index (χ4n) is 4.05. The molecule has 0 aromatic carbocycles. The number of carbonyl (C=O) groups is 1. The number of piperazine rings is 1. The van der Waals surface area contributed by atoms with Crippen LogP contribution in [0.1, 0.15) is 50.0 Å². The summed E-state index contributed by atoms with van der Waals surface area (Å²) in [5, 5.41) is 1.28. The molecule has 1 aliphatic carbocycles. The van der Waals surface area contributed by atoms with Crippen molar-refractivity contribution in [3.8, 4) is 0 Å². The first-order valence-electron chi connectivity index (χ1n) is 9.91. The third-order valence-electron chi connectivity index (χ3n) is 5.60. The molecule has 0 saturated carbocycles. The molecular weight excluding hydrogens is 344 g/mol. The third kappa shape index (κ3) is 3.43. The molecule has 140 valence electrons. The van der Waals surface area contributed by atoms with E-state index in [1.807, 2.05) is 16.2 Å².